The van der Waals surface area contributed by atoms with E-state index in [2.05, 4.69) is 53.8 Å². The van der Waals surface area contributed by atoms with E-state index in [-0.39, 0.29) is 5.41 Å². The standard InChI is InChI=1S/C16H19BrN2O/c1-10-5-6-11(16(2,3)4)14(7-10)20-15-12(17)8-19-9-13(15)18/h5-9H,18H2,1-4H3. The van der Waals surface area contributed by atoms with Crippen molar-refractivity contribution in [2.24, 2.45) is 0 Å². The van der Waals surface area contributed by atoms with Gasteiger partial charge >= 0.3 is 0 Å². The lowest BCUT2D eigenvalue weighted by Gasteiger charge is -2.23. The lowest BCUT2D eigenvalue weighted by Crippen LogP contribution is -2.13. The molecular weight excluding hydrogens is 316 g/mol. The molecule has 0 unspecified atom stereocenters. The Morgan fingerprint density at radius 3 is 2.50 bits per heavy atom. The Hall–Kier alpha value is -1.55. The summed E-state index contributed by atoms with van der Waals surface area (Å²) in [5.41, 5.74) is 8.76. The monoisotopic (exact) mass is 334 g/mol. The summed E-state index contributed by atoms with van der Waals surface area (Å²) in [6.07, 6.45) is 3.27. The van der Waals surface area contributed by atoms with E-state index in [0.717, 1.165) is 21.3 Å². The van der Waals surface area contributed by atoms with E-state index < -0.39 is 0 Å². The number of aromatic nitrogens is 1. The number of hydrogen-bond donors (Lipinski definition) is 1. The third-order valence-electron chi connectivity index (χ3n) is 3.04. The molecule has 106 valence electrons. The van der Waals surface area contributed by atoms with Crippen LogP contribution < -0.4 is 10.5 Å². The van der Waals surface area contributed by atoms with Crippen molar-refractivity contribution in [3.8, 4) is 11.5 Å². The first kappa shape index (κ1) is 14.9. The molecule has 2 rings (SSSR count). The van der Waals surface area contributed by atoms with E-state index >= 15 is 0 Å². The Labute approximate surface area is 128 Å². The summed E-state index contributed by atoms with van der Waals surface area (Å²) in [6, 6.07) is 6.24. The van der Waals surface area contributed by atoms with Crippen LogP contribution in [0.3, 0.4) is 0 Å². The number of ether oxygens (including phenoxy) is 1. The molecule has 2 N–H and O–H groups in total. The molecular formula is C16H19BrN2O. The minimum Gasteiger partial charge on any atom is -0.454 e. The molecule has 0 spiro atoms. The Morgan fingerprint density at radius 1 is 1.20 bits per heavy atom. The van der Waals surface area contributed by atoms with Crippen LogP contribution in [0, 0.1) is 6.92 Å². The number of aryl methyl sites for hydroxylation is 1. The Balaban J connectivity index is 2.51. The first-order valence-corrected chi connectivity index (χ1v) is 7.26. The molecule has 1 aromatic heterocycles. The predicted molar refractivity (Wildman–Crippen MR) is 86.3 cm³/mol. The topological polar surface area (TPSA) is 48.1 Å². The summed E-state index contributed by atoms with van der Waals surface area (Å²) in [5, 5.41) is 0. The highest BCUT2D eigenvalue weighted by Gasteiger charge is 2.20. The van der Waals surface area contributed by atoms with E-state index in [9.17, 15) is 0 Å². The van der Waals surface area contributed by atoms with Crippen LogP contribution in [0.5, 0.6) is 11.5 Å². The van der Waals surface area contributed by atoms with Crippen LogP contribution in [0.1, 0.15) is 31.9 Å². The van der Waals surface area contributed by atoms with Gasteiger partial charge in [0.1, 0.15) is 5.75 Å². The van der Waals surface area contributed by atoms with Crippen LogP contribution in [0.4, 0.5) is 5.69 Å². The molecule has 2 aromatic rings. The molecule has 4 heteroatoms. The van der Waals surface area contributed by atoms with Crippen LogP contribution in [0.15, 0.2) is 35.1 Å². The van der Waals surface area contributed by atoms with Crippen LogP contribution in [0.25, 0.3) is 0 Å². The van der Waals surface area contributed by atoms with Gasteiger partial charge in [0.2, 0.25) is 0 Å². The normalized spacial score (nSPS) is 11.4. The van der Waals surface area contributed by atoms with Crippen molar-refractivity contribution in [1.29, 1.82) is 0 Å². The lowest BCUT2D eigenvalue weighted by molar-refractivity contribution is 0.454. The van der Waals surface area contributed by atoms with Gasteiger partial charge in [-0.05, 0) is 39.9 Å². The lowest BCUT2D eigenvalue weighted by atomic mass is 9.86. The molecule has 0 bridgehead atoms. The van der Waals surface area contributed by atoms with Gasteiger partial charge in [-0.3, -0.25) is 4.98 Å². The number of pyridine rings is 1. The van der Waals surface area contributed by atoms with Gasteiger partial charge < -0.3 is 10.5 Å². The third-order valence-corrected chi connectivity index (χ3v) is 3.60. The number of nitrogens with two attached hydrogens (primary N) is 1. The van der Waals surface area contributed by atoms with Crippen molar-refractivity contribution in [2.45, 2.75) is 33.1 Å². The largest absolute Gasteiger partial charge is 0.454 e. The highest BCUT2D eigenvalue weighted by molar-refractivity contribution is 9.10. The number of rotatable bonds is 2. The molecule has 0 saturated heterocycles. The summed E-state index contributed by atoms with van der Waals surface area (Å²) in [4.78, 5) is 4.02. The second-order valence-electron chi connectivity index (χ2n) is 5.89. The molecule has 1 aromatic carbocycles. The molecule has 3 nitrogen and oxygen atoms in total. The minimum absolute atomic E-state index is 0.00268. The summed E-state index contributed by atoms with van der Waals surface area (Å²) >= 11 is 3.43. The third kappa shape index (κ3) is 3.12. The number of hydrogen-bond acceptors (Lipinski definition) is 3. The number of anilines is 1. The highest BCUT2D eigenvalue weighted by Crippen LogP contribution is 2.39. The van der Waals surface area contributed by atoms with Gasteiger partial charge in [-0.25, -0.2) is 0 Å². The maximum absolute atomic E-state index is 6.07. The van der Waals surface area contributed by atoms with E-state index in [1.165, 1.54) is 0 Å². The van der Waals surface area contributed by atoms with Crippen LogP contribution in [0.2, 0.25) is 0 Å². The van der Waals surface area contributed by atoms with Crippen molar-refractivity contribution >= 4 is 21.6 Å². The Morgan fingerprint density at radius 2 is 1.90 bits per heavy atom. The van der Waals surface area contributed by atoms with Gasteiger partial charge in [-0.1, -0.05) is 32.9 Å². The minimum atomic E-state index is -0.00268. The van der Waals surface area contributed by atoms with Crippen molar-refractivity contribution in [2.75, 3.05) is 5.73 Å². The van der Waals surface area contributed by atoms with Crippen molar-refractivity contribution in [1.82, 2.24) is 4.98 Å². The molecule has 0 saturated carbocycles. The van der Waals surface area contributed by atoms with Crippen LogP contribution in [-0.2, 0) is 5.41 Å². The van der Waals surface area contributed by atoms with Gasteiger partial charge in [0, 0.05) is 11.8 Å². The van der Waals surface area contributed by atoms with Gasteiger partial charge in [0.25, 0.3) is 0 Å². The molecule has 0 aliphatic rings. The fourth-order valence-corrected chi connectivity index (χ4v) is 2.42. The summed E-state index contributed by atoms with van der Waals surface area (Å²) in [5.74, 6) is 1.44. The Bertz CT molecular complexity index is 613. The second-order valence-corrected chi connectivity index (χ2v) is 6.75. The second kappa shape index (κ2) is 5.44. The smallest absolute Gasteiger partial charge is 0.167 e. The molecule has 0 fully saturated rings. The average Bonchev–Trinajstić information content (AvgIpc) is 2.32. The van der Waals surface area contributed by atoms with E-state index in [0.29, 0.717) is 11.4 Å². The maximum Gasteiger partial charge on any atom is 0.167 e. The van der Waals surface area contributed by atoms with Crippen LogP contribution in [-0.4, -0.2) is 4.98 Å². The number of nitrogens with zero attached hydrogens (tertiary/aromatic N) is 1. The summed E-state index contributed by atoms with van der Waals surface area (Å²) < 4.78 is 6.82. The quantitative estimate of drug-likeness (QED) is 0.855. The molecule has 20 heavy (non-hydrogen) atoms. The van der Waals surface area contributed by atoms with Gasteiger partial charge in [0.15, 0.2) is 5.75 Å². The number of benzene rings is 1. The van der Waals surface area contributed by atoms with E-state index in [4.69, 9.17) is 10.5 Å². The molecule has 0 radical (unpaired) electrons. The zero-order valence-corrected chi connectivity index (χ0v) is 13.8. The molecule has 0 amide bonds. The number of halogens is 1. The fraction of sp³-hybridized carbons (Fsp3) is 0.312. The Kier molecular flexibility index (Phi) is 4.04. The maximum atomic E-state index is 6.07. The summed E-state index contributed by atoms with van der Waals surface area (Å²) in [7, 11) is 0. The predicted octanol–water partition coefficient (Wildman–Crippen LogP) is 4.82. The van der Waals surface area contributed by atoms with Crippen molar-refractivity contribution < 1.29 is 4.74 Å². The molecule has 1 heterocycles. The molecule has 0 aliphatic heterocycles. The SMILES string of the molecule is Cc1ccc(C(C)(C)C)c(Oc2c(N)cncc2Br)c1. The van der Waals surface area contributed by atoms with Gasteiger partial charge in [-0.2, -0.15) is 0 Å². The number of nitrogen functional groups attached to an aromatic ring is 1. The molecule has 0 aliphatic carbocycles. The molecule has 0 atom stereocenters. The first-order chi connectivity index (χ1) is 9.29. The highest BCUT2D eigenvalue weighted by atomic mass is 79.9. The van der Waals surface area contributed by atoms with Gasteiger partial charge in [0.05, 0.1) is 16.4 Å². The fourth-order valence-electron chi connectivity index (χ4n) is 1.99. The van der Waals surface area contributed by atoms with E-state index in [1.807, 2.05) is 13.0 Å². The first-order valence-electron chi connectivity index (χ1n) is 6.47. The zero-order valence-electron chi connectivity index (χ0n) is 12.2. The average molecular weight is 335 g/mol. The van der Waals surface area contributed by atoms with Crippen molar-refractivity contribution in [3.05, 3.63) is 46.2 Å². The summed E-state index contributed by atoms with van der Waals surface area (Å²) in [6.45, 7) is 8.53. The van der Waals surface area contributed by atoms with Gasteiger partial charge in [-0.15, -0.1) is 0 Å². The van der Waals surface area contributed by atoms with Crippen LogP contribution >= 0.6 is 15.9 Å². The zero-order chi connectivity index (χ0) is 14.9. The van der Waals surface area contributed by atoms with Crippen molar-refractivity contribution in [3.63, 3.8) is 0 Å². The van der Waals surface area contributed by atoms with E-state index in [1.54, 1.807) is 12.4 Å².